The largest absolute Gasteiger partial charge is 0.462 e. The van der Waals surface area contributed by atoms with Gasteiger partial charge in [0.25, 0.3) is 0 Å². The van der Waals surface area contributed by atoms with Crippen molar-refractivity contribution in [1.82, 2.24) is 9.97 Å². The average molecular weight is 408 g/mol. The lowest BCUT2D eigenvalue weighted by molar-refractivity contribution is -0.137. The van der Waals surface area contributed by atoms with Crippen molar-refractivity contribution in [3.63, 3.8) is 0 Å². The van der Waals surface area contributed by atoms with Crippen molar-refractivity contribution in [2.45, 2.75) is 13.1 Å². The number of carbonyl (C=O) groups excluding carboxylic acids is 1. The molecule has 0 bridgehead atoms. The molecule has 0 saturated carbocycles. The smallest absolute Gasteiger partial charge is 0.416 e. The van der Waals surface area contributed by atoms with Gasteiger partial charge in [-0.05, 0) is 43.3 Å². The first-order valence-corrected chi connectivity index (χ1v) is 8.37. The second-order valence-corrected chi connectivity index (χ2v) is 5.90. The van der Waals surface area contributed by atoms with Crippen molar-refractivity contribution in [2.24, 2.45) is 0 Å². The van der Waals surface area contributed by atoms with E-state index in [1.807, 2.05) is 0 Å². The summed E-state index contributed by atoms with van der Waals surface area (Å²) in [5, 5.41) is 0. The second kappa shape index (κ2) is 7.94. The normalized spacial score (nSPS) is 11.4. The van der Waals surface area contributed by atoms with Gasteiger partial charge in [-0.3, -0.25) is 4.98 Å². The van der Waals surface area contributed by atoms with E-state index in [0.29, 0.717) is 12.1 Å². The highest BCUT2D eigenvalue weighted by molar-refractivity contribution is 5.90. The molecule has 1 aromatic carbocycles. The summed E-state index contributed by atoms with van der Waals surface area (Å²) in [6.45, 7) is 1.73. The van der Waals surface area contributed by atoms with Gasteiger partial charge in [0.2, 0.25) is 0 Å². The number of hydrogen-bond acceptors (Lipinski definition) is 4. The number of pyridine rings is 2. The zero-order chi connectivity index (χ0) is 21.2. The SMILES string of the molecule is CCOC(=O)c1ccnc(-c2cc(C(F)(F)F)cc(-c3ccc(F)cc3F)n2)c1. The summed E-state index contributed by atoms with van der Waals surface area (Å²) in [5.74, 6) is -2.61. The summed E-state index contributed by atoms with van der Waals surface area (Å²) in [4.78, 5) is 19.9. The molecule has 3 rings (SSSR count). The third-order valence-electron chi connectivity index (χ3n) is 3.89. The lowest BCUT2D eigenvalue weighted by atomic mass is 10.1. The molecule has 0 atom stereocenters. The van der Waals surface area contributed by atoms with E-state index in [2.05, 4.69) is 9.97 Å². The maximum Gasteiger partial charge on any atom is 0.416 e. The molecule has 0 saturated heterocycles. The summed E-state index contributed by atoms with van der Waals surface area (Å²) >= 11 is 0. The molecule has 4 nitrogen and oxygen atoms in total. The highest BCUT2D eigenvalue weighted by Crippen LogP contribution is 2.35. The number of ether oxygens (including phenoxy) is 1. The Morgan fingerprint density at radius 1 is 1.00 bits per heavy atom. The number of alkyl halides is 3. The van der Waals surface area contributed by atoms with Gasteiger partial charge in [-0.2, -0.15) is 13.2 Å². The molecule has 0 N–H and O–H groups in total. The molecular weight excluding hydrogens is 395 g/mol. The van der Waals surface area contributed by atoms with E-state index in [0.717, 1.165) is 18.2 Å². The fraction of sp³-hybridized carbons (Fsp3) is 0.150. The van der Waals surface area contributed by atoms with Gasteiger partial charge in [0.15, 0.2) is 0 Å². The first-order valence-electron chi connectivity index (χ1n) is 8.37. The third-order valence-corrected chi connectivity index (χ3v) is 3.89. The van der Waals surface area contributed by atoms with Gasteiger partial charge in [-0.1, -0.05) is 0 Å². The van der Waals surface area contributed by atoms with Crippen LogP contribution in [0.5, 0.6) is 0 Å². The Morgan fingerprint density at radius 3 is 2.38 bits per heavy atom. The minimum atomic E-state index is -4.75. The molecule has 0 aliphatic rings. The number of carbonyl (C=O) groups is 1. The van der Waals surface area contributed by atoms with Crippen LogP contribution in [0.4, 0.5) is 22.0 Å². The minimum Gasteiger partial charge on any atom is -0.462 e. The number of benzene rings is 1. The van der Waals surface area contributed by atoms with Crippen molar-refractivity contribution in [1.29, 1.82) is 0 Å². The molecule has 0 radical (unpaired) electrons. The van der Waals surface area contributed by atoms with Gasteiger partial charge in [0, 0.05) is 17.8 Å². The lowest BCUT2D eigenvalue weighted by Gasteiger charge is -2.12. The topological polar surface area (TPSA) is 52.1 Å². The Morgan fingerprint density at radius 2 is 1.72 bits per heavy atom. The molecule has 29 heavy (non-hydrogen) atoms. The molecular formula is C20H13F5N2O2. The quantitative estimate of drug-likeness (QED) is 0.435. The van der Waals surface area contributed by atoms with Crippen LogP contribution in [0.3, 0.4) is 0 Å². The summed E-state index contributed by atoms with van der Waals surface area (Å²) in [6.07, 6.45) is -3.52. The van der Waals surface area contributed by atoms with Gasteiger partial charge in [0.05, 0.1) is 34.8 Å². The number of esters is 1. The summed E-state index contributed by atoms with van der Waals surface area (Å²) in [5.41, 5.74) is -1.94. The van der Waals surface area contributed by atoms with Crippen LogP contribution >= 0.6 is 0 Å². The molecule has 2 heterocycles. The molecule has 0 amide bonds. The molecule has 9 heteroatoms. The van der Waals surface area contributed by atoms with E-state index in [4.69, 9.17) is 4.74 Å². The Hall–Kier alpha value is -3.36. The zero-order valence-electron chi connectivity index (χ0n) is 14.9. The predicted octanol–water partition coefficient (Wildman–Crippen LogP) is 5.28. The van der Waals surface area contributed by atoms with Crippen LogP contribution in [-0.2, 0) is 10.9 Å². The highest BCUT2D eigenvalue weighted by Gasteiger charge is 2.32. The molecule has 0 unspecified atom stereocenters. The van der Waals surface area contributed by atoms with E-state index < -0.39 is 29.3 Å². The summed E-state index contributed by atoms with van der Waals surface area (Å²) < 4.78 is 72.3. The molecule has 0 fully saturated rings. The van der Waals surface area contributed by atoms with E-state index >= 15 is 0 Å². The first-order chi connectivity index (χ1) is 13.7. The van der Waals surface area contributed by atoms with E-state index in [-0.39, 0.29) is 34.8 Å². The van der Waals surface area contributed by atoms with Crippen molar-refractivity contribution >= 4 is 5.97 Å². The molecule has 3 aromatic rings. The summed E-state index contributed by atoms with van der Waals surface area (Å²) in [6, 6.07) is 6.44. The van der Waals surface area contributed by atoms with E-state index in [1.165, 1.54) is 18.3 Å². The van der Waals surface area contributed by atoms with Crippen LogP contribution in [0.25, 0.3) is 22.6 Å². The predicted molar refractivity (Wildman–Crippen MR) is 93.8 cm³/mol. The lowest BCUT2D eigenvalue weighted by Crippen LogP contribution is -2.08. The fourth-order valence-electron chi connectivity index (χ4n) is 2.57. The number of halogens is 5. The minimum absolute atomic E-state index is 0.0366. The zero-order valence-corrected chi connectivity index (χ0v) is 14.9. The monoisotopic (exact) mass is 408 g/mol. The van der Waals surface area contributed by atoms with Crippen LogP contribution in [0.1, 0.15) is 22.8 Å². The van der Waals surface area contributed by atoms with Crippen molar-refractivity contribution in [2.75, 3.05) is 6.61 Å². The Bertz CT molecular complexity index is 1070. The van der Waals surface area contributed by atoms with E-state index in [9.17, 15) is 26.7 Å². The van der Waals surface area contributed by atoms with Gasteiger partial charge >= 0.3 is 12.1 Å². The molecule has 150 valence electrons. The fourth-order valence-corrected chi connectivity index (χ4v) is 2.57. The first kappa shape index (κ1) is 20.4. The van der Waals surface area contributed by atoms with Crippen molar-refractivity contribution in [3.8, 4) is 22.6 Å². The van der Waals surface area contributed by atoms with Crippen molar-refractivity contribution < 1.29 is 31.5 Å². The second-order valence-electron chi connectivity index (χ2n) is 5.90. The Balaban J connectivity index is 2.17. The standard InChI is InChI=1S/C20H13F5N2O2/c1-2-29-19(28)11-5-6-26-17(7-11)18-9-12(20(23,24)25)8-16(27-18)14-4-3-13(21)10-15(14)22/h3-10H,2H2,1H3. The molecule has 0 aliphatic carbocycles. The average Bonchev–Trinajstić information content (AvgIpc) is 2.67. The number of hydrogen-bond donors (Lipinski definition) is 0. The molecule has 0 aliphatic heterocycles. The summed E-state index contributed by atoms with van der Waals surface area (Å²) in [7, 11) is 0. The van der Waals surface area contributed by atoms with Crippen LogP contribution in [-0.4, -0.2) is 22.5 Å². The number of rotatable bonds is 4. The van der Waals surface area contributed by atoms with Crippen molar-refractivity contribution in [3.05, 3.63) is 71.4 Å². The van der Waals surface area contributed by atoms with Gasteiger partial charge in [0.1, 0.15) is 11.6 Å². The maximum atomic E-state index is 14.1. The third kappa shape index (κ3) is 4.56. The number of aromatic nitrogens is 2. The van der Waals surface area contributed by atoms with Crippen LogP contribution in [0, 0.1) is 11.6 Å². The van der Waals surface area contributed by atoms with Gasteiger partial charge in [-0.25, -0.2) is 18.6 Å². The van der Waals surface area contributed by atoms with E-state index in [1.54, 1.807) is 6.92 Å². The maximum absolute atomic E-state index is 14.1. The van der Waals surface area contributed by atoms with Crippen LogP contribution < -0.4 is 0 Å². The molecule has 0 spiro atoms. The Kier molecular flexibility index (Phi) is 5.58. The number of nitrogens with zero attached hydrogens (tertiary/aromatic N) is 2. The molecule has 2 aromatic heterocycles. The van der Waals surface area contributed by atoms with Gasteiger partial charge < -0.3 is 4.74 Å². The van der Waals surface area contributed by atoms with Crippen LogP contribution in [0.2, 0.25) is 0 Å². The van der Waals surface area contributed by atoms with Gasteiger partial charge in [-0.15, -0.1) is 0 Å². The highest BCUT2D eigenvalue weighted by atomic mass is 19.4. The van der Waals surface area contributed by atoms with Crippen LogP contribution in [0.15, 0.2) is 48.7 Å². The Labute approximate surface area is 162 Å².